The van der Waals surface area contributed by atoms with Crippen LogP contribution in [-0.2, 0) is 4.74 Å². The van der Waals surface area contributed by atoms with Gasteiger partial charge in [0.25, 0.3) is 0 Å². The molecule has 0 radical (unpaired) electrons. The van der Waals surface area contributed by atoms with E-state index >= 15 is 0 Å². The van der Waals surface area contributed by atoms with Crippen molar-refractivity contribution in [2.75, 3.05) is 26.7 Å². The smallest absolute Gasteiger partial charge is 0.232 e. The van der Waals surface area contributed by atoms with Crippen LogP contribution in [0.3, 0.4) is 0 Å². The molecule has 1 aromatic rings. The van der Waals surface area contributed by atoms with E-state index in [2.05, 4.69) is 22.1 Å². The number of aromatic nitrogens is 2. The summed E-state index contributed by atoms with van der Waals surface area (Å²) in [7, 11) is 2.06. The predicted octanol–water partition coefficient (Wildman–Crippen LogP) is 1.09. The minimum Gasteiger partial charge on any atom is -0.392 e. The van der Waals surface area contributed by atoms with Crippen LogP contribution in [0.15, 0.2) is 4.52 Å². The lowest BCUT2D eigenvalue weighted by Crippen LogP contribution is -2.35. The largest absolute Gasteiger partial charge is 0.392 e. The van der Waals surface area contributed by atoms with Gasteiger partial charge in [0.1, 0.15) is 6.10 Å². The first kappa shape index (κ1) is 13.0. The van der Waals surface area contributed by atoms with E-state index in [1.165, 1.54) is 0 Å². The Morgan fingerprint density at radius 2 is 2.16 bits per heavy atom. The summed E-state index contributed by atoms with van der Waals surface area (Å²) in [6.45, 7) is 2.41. The molecular formula is C13H21N3O3. The lowest BCUT2D eigenvalue weighted by atomic mass is 9.86. The van der Waals surface area contributed by atoms with Crippen molar-refractivity contribution in [2.24, 2.45) is 0 Å². The zero-order valence-corrected chi connectivity index (χ0v) is 11.3. The standard InChI is InChI=1S/C13H21N3O3/c1-16-6-7-18-11(8-16)12-14-13(19-15-12)9-4-2-3-5-10(9)17/h9-11,17H,2-8H2,1H3. The van der Waals surface area contributed by atoms with Crippen molar-refractivity contribution in [1.82, 2.24) is 15.0 Å². The van der Waals surface area contributed by atoms with E-state index in [4.69, 9.17) is 9.26 Å². The number of hydrogen-bond acceptors (Lipinski definition) is 6. The first-order chi connectivity index (χ1) is 9.24. The first-order valence-electron chi connectivity index (χ1n) is 7.06. The van der Waals surface area contributed by atoms with Gasteiger partial charge in [0, 0.05) is 13.1 Å². The quantitative estimate of drug-likeness (QED) is 0.865. The fraction of sp³-hybridized carbons (Fsp3) is 0.846. The van der Waals surface area contributed by atoms with Crippen molar-refractivity contribution in [3.63, 3.8) is 0 Å². The summed E-state index contributed by atoms with van der Waals surface area (Å²) in [5, 5.41) is 14.1. The van der Waals surface area contributed by atoms with Crippen LogP contribution in [-0.4, -0.2) is 53.0 Å². The van der Waals surface area contributed by atoms with E-state index in [9.17, 15) is 5.11 Å². The SMILES string of the molecule is CN1CCOC(c2noc(C3CCCCC3O)n2)C1. The molecule has 1 aliphatic heterocycles. The molecule has 1 saturated heterocycles. The van der Waals surface area contributed by atoms with Crippen molar-refractivity contribution in [2.45, 2.75) is 43.8 Å². The number of ether oxygens (including phenoxy) is 1. The molecule has 3 unspecified atom stereocenters. The maximum Gasteiger partial charge on any atom is 0.232 e. The summed E-state index contributed by atoms with van der Waals surface area (Å²) >= 11 is 0. The van der Waals surface area contributed by atoms with Gasteiger partial charge in [-0.1, -0.05) is 18.0 Å². The third kappa shape index (κ3) is 2.80. The number of morpholine rings is 1. The molecule has 6 nitrogen and oxygen atoms in total. The average molecular weight is 267 g/mol. The molecule has 19 heavy (non-hydrogen) atoms. The number of aliphatic hydroxyl groups excluding tert-OH is 1. The summed E-state index contributed by atoms with van der Waals surface area (Å²) in [5.74, 6) is 1.18. The van der Waals surface area contributed by atoms with Crippen LogP contribution in [0.25, 0.3) is 0 Å². The molecule has 0 aromatic carbocycles. The van der Waals surface area contributed by atoms with E-state index in [1.807, 2.05) is 0 Å². The first-order valence-corrected chi connectivity index (χ1v) is 7.06. The molecule has 0 spiro atoms. The van der Waals surface area contributed by atoms with E-state index in [-0.39, 0.29) is 18.1 Å². The maximum absolute atomic E-state index is 10.0. The molecule has 6 heteroatoms. The van der Waals surface area contributed by atoms with Gasteiger partial charge >= 0.3 is 0 Å². The van der Waals surface area contributed by atoms with Gasteiger partial charge in [-0.2, -0.15) is 4.98 Å². The van der Waals surface area contributed by atoms with Gasteiger partial charge in [0.15, 0.2) is 0 Å². The Morgan fingerprint density at radius 3 is 2.95 bits per heavy atom. The molecule has 1 N–H and O–H groups in total. The summed E-state index contributed by atoms with van der Waals surface area (Å²) in [4.78, 5) is 6.65. The lowest BCUT2D eigenvalue weighted by molar-refractivity contribution is -0.0264. The summed E-state index contributed by atoms with van der Waals surface area (Å²) in [5.41, 5.74) is 0. The molecule has 0 amide bonds. The second-order valence-corrected chi connectivity index (χ2v) is 5.57. The van der Waals surface area contributed by atoms with E-state index in [0.717, 1.165) is 38.8 Å². The van der Waals surface area contributed by atoms with Crippen molar-refractivity contribution >= 4 is 0 Å². The number of rotatable bonds is 2. The number of aliphatic hydroxyl groups is 1. The second kappa shape index (κ2) is 5.56. The fourth-order valence-corrected chi connectivity index (χ4v) is 2.86. The predicted molar refractivity (Wildman–Crippen MR) is 67.7 cm³/mol. The molecule has 2 heterocycles. The average Bonchev–Trinajstić information content (AvgIpc) is 2.89. The summed E-state index contributed by atoms with van der Waals surface area (Å²) in [6, 6.07) is 0. The van der Waals surface area contributed by atoms with Gasteiger partial charge in [-0.3, -0.25) is 0 Å². The van der Waals surface area contributed by atoms with Gasteiger partial charge < -0.3 is 19.3 Å². The number of likely N-dealkylation sites (N-methyl/N-ethyl adjacent to an activating group) is 1. The summed E-state index contributed by atoms with van der Waals surface area (Å²) in [6.07, 6.45) is 3.48. The van der Waals surface area contributed by atoms with Gasteiger partial charge in [0.05, 0.1) is 18.6 Å². The van der Waals surface area contributed by atoms with Crippen LogP contribution >= 0.6 is 0 Å². The lowest BCUT2D eigenvalue weighted by Gasteiger charge is -2.28. The topological polar surface area (TPSA) is 71.6 Å². The molecular weight excluding hydrogens is 246 g/mol. The van der Waals surface area contributed by atoms with Crippen molar-refractivity contribution in [1.29, 1.82) is 0 Å². The van der Waals surface area contributed by atoms with Crippen molar-refractivity contribution in [3.8, 4) is 0 Å². The highest BCUT2D eigenvalue weighted by atomic mass is 16.5. The van der Waals surface area contributed by atoms with Crippen LogP contribution in [0.1, 0.15) is 49.4 Å². The Labute approximate surface area is 112 Å². The van der Waals surface area contributed by atoms with Crippen LogP contribution in [0.2, 0.25) is 0 Å². The van der Waals surface area contributed by atoms with Crippen LogP contribution in [0, 0.1) is 0 Å². The van der Waals surface area contributed by atoms with Gasteiger partial charge in [0.2, 0.25) is 11.7 Å². The van der Waals surface area contributed by atoms with E-state index < -0.39 is 0 Å². The number of hydrogen-bond donors (Lipinski definition) is 1. The van der Waals surface area contributed by atoms with E-state index in [0.29, 0.717) is 18.3 Å². The molecule has 3 atom stereocenters. The third-order valence-corrected chi connectivity index (χ3v) is 4.06. The van der Waals surface area contributed by atoms with Crippen molar-refractivity contribution in [3.05, 3.63) is 11.7 Å². The Kier molecular flexibility index (Phi) is 3.81. The zero-order chi connectivity index (χ0) is 13.2. The normalized spacial score (nSPS) is 33.5. The van der Waals surface area contributed by atoms with Crippen LogP contribution in [0.5, 0.6) is 0 Å². The zero-order valence-electron chi connectivity index (χ0n) is 11.3. The third-order valence-electron chi connectivity index (χ3n) is 4.06. The molecule has 1 saturated carbocycles. The summed E-state index contributed by atoms with van der Waals surface area (Å²) < 4.78 is 11.0. The van der Waals surface area contributed by atoms with Crippen LogP contribution in [0.4, 0.5) is 0 Å². The highest BCUT2D eigenvalue weighted by Crippen LogP contribution is 2.32. The molecule has 3 rings (SSSR count). The van der Waals surface area contributed by atoms with E-state index in [1.54, 1.807) is 0 Å². The molecule has 1 aliphatic carbocycles. The minimum absolute atomic E-state index is 0.00341. The maximum atomic E-state index is 10.0. The molecule has 1 aromatic heterocycles. The Bertz CT molecular complexity index is 423. The monoisotopic (exact) mass is 267 g/mol. The molecule has 0 bridgehead atoms. The highest BCUT2D eigenvalue weighted by molar-refractivity contribution is 5.01. The Hall–Kier alpha value is -0.980. The molecule has 2 fully saturated rings. The minimum atomic E-state index is -0.350. The molecule has 2 aliphatic rings. The van der Waals surface area contributed by atoms with Gasteiger partial charge in [-0.05, 0) is 19.9 Å². The van der Waals surface area contributed by atoms with Crippen LogP contribution < -0.4 is 0 Å². The highest BCUT2D eigenvalue weighted by Gasteiger charge is 2.31. The van der Waals surface area contributed by atoms with Gasteiger partial charge in [-0.25, -0.2) is 0 Å². The van der Waals surface area contributed by atoms with Gasteiger partial charge in [-0.15, -0.1) is 0 Å². The second-order valence-electron chi connectivity index (χ2n) is 5.57. The fourth-order valence-electron chi connectivity index (χ4n) is 2.86. The Balaban J connectivity index is 1.71. The Morgan fingerprint density at radius 1 is 1.32 bits per heavy atom. The molecule has 106 valence electrons. The van der Waals surface area contributed by atoms with Crippen molar-refractivity contribution < 1.29 is 14.4 Å². The number of nitrogens with zero attached hydrogens (tertiary/aromatic N) is 3.